The van der Waals surface area contributed by atoms with Gasteiger partial charge in [-0.2, -0.15) is 0 Å². The quantitative estimate of drug-likeness (QED) is 0.0304. The average molecular weight is 639 g/mol. The van der Waals surface area contributed by atoms with Crippen LogP contribution < -0.4 is 0 Å². The third-order valence-electron chi connectivity index (χ3n) is 8.19. The lowest BCUT2D eigenvalue weighted by Gasteiger charge is -2.15. The molecule has 44 heavy (non-hydrogen) atoms. The van der Waals surface area contributed by atoms with Gasteiger partial charge in [-0.05, 0) is 64.2 Å². The van der Waals surface area contributed by atoms with Crippen molar-refractivity contribution in [3.05, 3.63) is 24.3 Å². The molecule has 4 nitrogen and oxygen atoms in total. The number of unbranched alkanes of at least 4 members (excludes halogenated alkanes) is 22. The van der Waals surface area contributed by atoms with Gasteiger partial charge < -0.3 is 9.47 Å². The minimum atomic E-state index is -0.564. The fraction of sp³-hybridized carbons (Fsp3) is 0.846. The summed E-state index contributed by atoms with van der Waals surface area (Å²) in [5, 5.41) is 0. The van der Waals surface area contributed by atoms with Gasteiger partial charge in [0.25, 0.3) is 0 Å². The molecule has 0 N–H and O–H groups in total. The Labute approximate surface area is 278 Å². The zero-order valence-corrected chi connectivity index (χ0v) is 29.9. The summed E-state index contributed by atoms with van der Waals surface area (Å²) in [7, 11) is 0. The third kappa shape index (κ3) is 33.6. The molecule has 5 heteroatoms. The van der Waals surface area contributed by atoms with Crippen LogP contribution in [0.2, 0.25) is 0 Å². The summed E-state index contributed by atoms with van der Waals surface area (Å²) in [4.78, 5) is 24.3. The van der Waals surface area contributed by atoms with Gasteiger partial charge in [0.2, 0.25) is 0 Å². The van der Waals surface area contributed by atoms with E-state index in [0.29, 0.717) is 12.8 Å². The molecule has 0 amide bonds. The van der Waals surface area contributed by atoms with Crippen LogP contribution in [-0.4, -0.2) is 30.5 Å². The maximum Gasteiger partial charge on any atom is 0.306 e. The fourth-order valence-electron chi connectivity index (χ4n) is 5.29. The van der Waals surface area contributed by atoms with Gasteiger partial charge in [-0.3, -0.25) is 9.59 Å². The monoisotopic (exact) mass is 639 g/mol. The smallest absolute Gasteiger partial charge is 0.306 e. The average Bonchev–Trinajstić information content (AvgIpc) is 3.02. The highest BCUT2D eigenvalue weighted by atomic mass is 35.5. The van der Waals surface area contributed by atoms with E-state index in [0.717, 1.165) is 51.4 Å². The molecule has 0 spiro atoms. The van der Waals surface area contributed by atoms with Crippen LogP contribution in [-0.2, 0) is 19.1 Å². The van der Waals surface area contributed by atoms with E-state index in [1.54, 1.807) is 0 Å². The van der Waals surface area contributed by atoms with Gasteiger partial charge in [-0.15, -0.1) is 11.6 Å². The summed E-state index contributed by atoms with van der Waals surface area (Å²) in [6.07, 6.45) is 41.5. The molecule has 0 aromatic heterocycles. The Hall–Kier alpha value is -1.29. The minimum Gasteiger partial charge on any atom is -0.462 e. The Bertz CT molecular complexity index is 675. The summed E-state index contributed by atoms with van der Waals surface area (Å²) in [6.45, 7) is 4.57. The van der Waals surface area contributed by atoms with Crippen LogP contribution in [0.1, 0.15) is 194 Å². The van der Waals surface area contributed by atoms with E-state index in [4.69, 9.17) is 21.1 Å². The Morgan fingerprint density at radius 1 is 0.500 bits per heavy atom. The normalized spacial score (nSPS) is 12.3. The van der Waals surface area contributed by atoms with Gasteiger partial charge in [0.05, 0.1) is 5.88 Å². The standard InChI is InChI=1S/C39H71ClO4/c1-3-5-7-9-11-13-15-17-19-21-23-25-27-29-31-33-38(41)43-36-37(35-40)44-39(42)34-32-30-28-26-24-22-20-18-16-14-12-10-8-6-4-2/h17-20,37H,3-16,21-36H2,1-2H3/b19-17-,20-18-/t37-/m1/s1. The number of carbonyl (C=O) groups is 2. The summed E-state index contributed by atoms with van der Waals surface area (Å²) in [6, 6.07) is 0. The van der Waals surface area contributed by atoms with Crippen molar-refractivity contribution in [1.29, 1.82) is 0 Å². The molecule has 0 aromatic carbocycles. The third-order valence-corrected chi connectivity index (χ3v) is 8.53. The molecule has 1 atom stereocenters. The van der Waals surface area contributed by atoms with Crippen molar-refractivity contribution in [3.8, 4) is 0 Å². The molecule has 0 saturated carbocycles. The van der Waals surface area contributed by atoms with Crippen LogP contribution in [0.4, 0.5) is 0 Å². The predicted molar refractivity (Wildman–Crippen MR) is 190 cm³/mol. The number of allylic oxidation sites excluding steroid dienone is 4. The molecular weight excluding hydrogens is 568 g/mol. The molecule has 0 saturated heterocycles. The van der Waals surface area contributed by atoms with E-state index in [-0.39, 0.29) is 24.4 Å². The molecular formula is C39H71ClO4. The molecule has 0 aliphatic rings. The van der Waals surface area contributed by atoms with Crippen LogP contribution in [0.15, 0.2) is 24.3 Å². The van der Waals surface area contributed by atoms with Gasteiger partial charge in [-0.25, -0.2) is 0 Å². The number of carbonyl (C=O) groups excluding carboxylic acids is 2. The molecule has 0 aromatic rings. The van der Waals surface area contributed by atoms with Gasteiger partial charge in [0.1, 0.15) is 12.7 Å². The molecule has 0 rings (SSSR count). The zero-order valence-electron chi connectivity index (χ0n) is 29.1. The molecule has 0 unspecified atom stereocenters. The molecule has 258 valence electrons. The van der Waals surface area contributed by atoms with Crippen LogP contribution in [0, 0.1) is 0 Å². The topological polar surface area (TPSA) is 52.6 Å². The predicted octanol–water partition coefficient (Wildman–Crippen LogP) is 12.8. The van der Waals surface area contributed by atoms with Gasteiger partial charge >= 0.3 is 11.9 Å². The van der Waals surface area contributed by atoms with E-state index < -0.39 is 6.10 Å². The van der Waals surface area contributed by atoms with Crippen LogP contribution in [0.3, 0.4) is 0 Å². The summed E-state index contributed by atoms with van der Waals surface area (Å²) in [5.74, 6) is -0.341. The molecule has 0 heterocycles. The number of ether oxygens (including phenoxy) is 2. The zero-order chi connectivity index (χ0) is 32.2. The van der Waals surface area contributed by atoms with Crippen LogP contribution in [0.25, 0.3) is 0 Å². The maximum absolute atomic E-state index is 12.2. The van der Waals surface area contributed by atoms with Crippen molar-refractivity contribution in [1.82, 2.24) is 0 Å². The van der Waals surface area contributed by atoms with Crippen molar-refractivity contribution >= 4 is 23.5 Å². The van der Waals surface area contributed by atoms with E-state index in [1.165, 1.54) is 116 Å². The minimum absolute atomic E-state index is 0.0471. The first-order valence-corrected chi connectivity index (χ1v) is 19.4. The number of esters is 2. The molecule has 0 fully saturated rings. The molecule has 0 radical (unpaired) electrons. The second kappa shape index (κ2) is 36.2. The van der Waals surface area contributed by atoms with Crippen molar-refractivity contribution < 1.29 is 19.1 Å². The lowest BCUT2D eigenvalue weighted by atomic mass is 10.1. The number of hydrogen-bond acceptors (Lipinski definition) is 4. The Kier molecular flexibility index (Phi) is 35.1. The largest absolute Gasteiger partial charge is 0.462 e. The summed E-state index contributed by atoms with van der Waals surface area (Å²) >= 11 is 5.96. The highest BCUT2D eigenvalue weighted by Crippen LogP contribution is 2.13. The highest BCUT2D eigenvalue weighted by molar-refractivity contribution is 6.18. The van der Waals surface area contributed by atoms with Crippen molar-refractivity contribution in [2.45, 2.75) is 200 Å². The number of alkyl halides is 1. The molecule has 0 bridgehead atoms. The SMILES string of the molecule is CCCCCCCC/C=C\CCCCCCCC(=O)OC[C@@H](CCl)OC(=O)CCCCCCC/C=C\CCCCCCCC. The first kappa shape index (κ1) is 42.7. The second-order valence-corrected chi connectivity index (χ2v) is 12.9. The van der Waals surface area contributed by atoms with E-state index in [2.05, 4.69) is 38.2 Å². The maximum atomic E-state index is 12.2. The number of halogens is 1. The van der Waals surface area contributed by atoms with Crippen LogP contribution in [0.5, 0.6) is 0 Å². The summed E-state index contributed by atoms with van der Waals surface area (Å²) < 4.78 is 10.8. The Morgan fingerprint density at radius 3 is 1.23 bits per heavy atom. The van der Waals surface area contributed by atoms with Crippen LogP contribution >= 0.6 is 11.6 Å². The van der Waals surface area contributed by atoms with Gasteiger partial charge in [-0.1, -0.05) is 141 Å². The fourth-order valence-corrected chi connectivity index (χ4v) is 5.45. The van der Waals surface area contributed by atoms with Gasteiger partial charge in [0.15, 0.2) is 0 Å². The lowest BCUT2D eigenvalue weighted by Crippen LogP contribution is -2.26. The lowest BCUT2D eigenvalue weighted by molar-refractivity contribution is -0.157. The Balaban J connectivity index is 3.58. The second-order valence-electron chi connectivity index (χ2n) is 12.6. The van der Waals surface area contributed by atoms with E-state index >= 15 is 0 Å². The van der Waals surface area contributed by atoms with Gasteiger partial charge in [0, 0.05) is 12.8 Å². The first-order valence-electron chi connectivity index (χ1n) is 18.8. The first-order chi connectivity index (χ1) is 21.6. The summed E-state index contributed by atoms with van der Waals surface area (Å²) in [5.41, 5.74) is 0. The molecule has 0 aliphatic heterocycles. The van der Waals surface area contributed by atoms with Crippen molar-refractivity contribution in [3.63, 3.8) is 0 Å². The highest BCUT2D eigenvalue weighted by Gasteiger charge is 2.16. The van der Waals surface area contributed by atoms with E-state index in [1.807, 2.05) is 0 Å². The Morgan fingerprint density at radius 2 is 0.841 bits per heavy atom. The number of hydrogen-bond donors (Lipinski definition) is 0. The van der Waals surface area contributed by atoms with Crippen molar-refractivity contribution in [2.75, 3.05) is 12.5 Å². The molecule has 0 aliphatic carbocycles. The number of rotatable bonds is 34. The van der Waals surface area contributed by atoms with E-state index in [9.17, 15) is 9.59 Å². The van der Waals surface area contributed by atoms with Crippen molar-refractivity contribution in [2.24, 2.45) is 0 Å².